The Bertz CT molecular complexity index is 960. The number of benzene rings is 3. The number of carbonyl (C=O) groups is 1. The minimum absolute atomic E-state index is 0.244. The molecule has 0 bridgehead atoms. The Morgan fingerprint density at radius 2 is 1.66 bits per heavy atom. The summed E-state index contributed by atoms with van der Waals surface area (Å²) < 4.78 is 0. The van der Waals surface area contributed by atoms with Crippen molar-refractivity contribution in [3.8, 4) is 0 Å². The fraction of sp³-hybridized carbons (Fsp3) is 0.208. The lowest BCUT2D eigenvalue weighted by molar-refractivity contribution is 0.106. The maximum atomic E-state index is 12.4. The van der Waals surface area contributed by atoms with Crippen LogP contribution in [0, 0.1) is 0 Å². The Kier molecular flexibility index (Phi) is 5.89. The molecule has 3 aromatic carbocycles. The summed E-state index contributed by atoms with van der Waals surface area (Å²) >= 11 is 0. The van der Waals surface area contributed by atoms with Crippen molar-refractivity contribution < 1.29 is 9.90 Å². The van der Waals surface area contributed by atoms with E-state index in [9.17, 15) is 9.90 Å². The average molecular weight is 387 g/mol. The molecule has 1 atom stereocenters. The summed E-state index contributed by atoms with van der Waals surface area (Å²) in [6, 6.07) is 24.9. The van der Waals surface area contributed by atoms with Gasteiger partial charge in [0.2, 0.25) is 0 Å². The molecule has 3 N–H and O–H groups in total. The van der Waals surface area contributed by atoms with Crippen LogP contribution in [0.25, 0.3) is 0 Å². The molecule has 1 heterocycles. The van der Waals surface area contributed by atoms with Gasteiger partial charge in [0.1, 0.15) is 0 Å². The number of nitrogens with zero attached hydrogens (tertiary/aromatic N) is 1. The summed E-state index contributed by atoms with van der Waals surface area (Å²) in [6.07, 6.45) is 0.328. The van der Waals surface area contributed by atoms with E-state index in [1.807, 2.05) is 72.8 Å². The van der Waals surface area contributed by atoms with Crippen LogP contribution in [0.1, 0.15) is 22.8 Å². The van der Waals surface area contributed by atoms with Gasteiger partial charge in [-0.15, -0.1) is 0 Å². The highest BCUT2D eigenvalue weighted by atomic mass is 16.3. The number of hydrogen-bond acceptors (Lipinski definition) is 3. The van der Waals surface area contributed by atoms with E-state index < -0.39 is 6.10 Å². The van der Waals surface area contributed by atoms with Gasteiger partial charge in [0, 0.05) is 31.0 Å². The van der Waals surface area contributed by atoms with Gasteiger partial charge in [0.05, 0.1) is 6.10 Å². The molecule has 0 radical (unpaired) electrons. The number of anilines is 2. The highest BCUT2D eigenvalue weighted by Gasteiger charge is 2.21. The summed E-state index contributed by atoms with van der Waals surface area (Å²) in [5.41, 5.74) is 4.90. The molecule has 3 aromatic rings. The van der Waals surface area contributed by atoms with Gasteiger partial charge in [-0.3, -0.25) is 4.90 Å². The highest BCUT2D eigenvalue weighted by Crippen LogP contribution is 2.27. The van der Waals surface area contributed by atoms with Gasteiger partial charge in [0.15, 0.2) is 0 Å². The Morgan fingerprint density at radius 1 is 0.931 bits per heavy atom. The van der Waals surface area contributed by atoms with Crippen LogP contribution in [-0.4, -0.2) is 29.1 Å². The van der Waals surface area contributed by atoms with E-state index in [-0.39, 0.29) is 6.03 Å². The second-order valence-electron chi connectivity index (χ2n) is 7.30. The number of amides is 2. The highest BCUT2D eigenvalue weighted by molar-refractivity contribution is 6.00. The van der Waals surface area contributed by atoms with E-state index >= 15 is 0 Å². The Hall–Kier alpha value is -3.15. The predicted molar refractivity (Wildman–Crippen MR) is 116 cm³/mol. The topological polar surface area (TPSA) is 64.6 Å². The Balaban J connectivity index is 1.40. The first-order valence-corrected chi connectivity index (χ1v) is 9.88. The zero-order chi connectivity index (χ0) is 20.1. The van der Waals surface area contributed by atoms with E-state index in [2.05, 4.69) is 21.6 Å². The number of carbonyl (C=O) groups excluding carboxylic acids is 1. The molecule has 0 aromatic heterocycles. The number of aliphatic hydroxyl groups excluding tert-OH is 1. The number of nitrogens with one attached hydrogen (secondary N) is 2. The number of para-hydroxylation sites is 1. The zero-order valence-electron chi connectivity index (χ0n) is 16.2. The van der Waals surface area contributed by atoms with Crippen LogP contribution in [0.3, 0.4) is 0 Å². The van der Waals surface area contributed by atoms with Crippen LogP contribution in [0.2, 0.25) is 0 Å². The Morgan fingerprint density at radius 3 is 2.41 bits per heavy atom. The SMILES string of the molecule is O=C(Nc1ccccc1)Nc1cccc2c1CCN(C[C@H](O)c1ccccc1)C2. The lowest BCUT2D eigenvalue weighted by Gasteiger charge is -2.31. The zero-order valence-corrected chi connectivity index (χ0v) is 16.2. The van der Waals surface area contributed by atoms with Gasteiger partial charge in [-0.1, -0.05) is 60.7 Å². The molecule has 29 heavy (non-hydrogen) atoms. The number of hydrogen-bond donors (Lipinski definition) is 3. The molecule has 0 aliphatic carbocycles. The molecule has 0 saturated carbocycles. The van der Waals surface area contributed by atoms with Crippen molar-refractivity contribution in [2.75, 3.05) is 23.7 Å². The third-order valence-electron chi connectivity index (χ3n) is 5.24. The molecule has 5 heteroatoms. The van der Waals surface area contributed by atoms with E-state index in [1.54, 1.807) is 0 Å². The minimum atomic E-state index is -0.504. The van der Waals surface area contributed by atoms with E-state index in [1.165, 1.54) is 11.1 Å². The summed E-state index contributed by atoms with van der Waals surface area (Å²) in [7, 11) is 0. The average Bonchev–Trinajstić information content (AvgIpc) is 2.75. The van der Waals surface area contributed by atoms with Crippen LogP contribution < -0.4 is 10.6 Å². The van der Waals surface area contributed by atoms with Crippen molar-refractivity contribution in [3.63, 3.8) is 0 Å². The number of urea groups is 1. The monoisotopic (exact) mass is 387 g/mol. The van der Waals surface area contributed by atoms with Crippen molar-refractivity contribution in [1.29, 1.82) is 0 Å². The molecule has 2 amide bonds. The van der Waals surface area contributed by atoms with E-state index in [0.717, 1.165) is 36.4 Å². The molecule has 1 aliphatic rings. The first-order chi connectivity index (χ1) is 14.2. The van der Waals surface area contributed by atoms with Gasteiger partial charge < -0.3 is 15.7 Å². The number of rotatable bonds is 5. The molecule has 4 rings (SSSR count). The van der Waals surface area contributed by atoms with Crippen LogP contribution in [0.5, 0.6) is 0 Å². The lowest BCUT2D eigenvalue weighted by atomic mass is 9.97. The summed E-state index contributed by atoms with van der Waals surface area (Å²) in [6.45, 7) is 2.19. The lowest BCUT2D eigenvalue weighted by Crippen LogP contribution is -2.34. The van der Waals surface area contributed by atoms with Crippen molar-refractivity contribution in [3.05, 3.63) is 95.6 Å². The molecular weight excluding hydrogens is 362 g/mol. The number of β-amino-alcohol motifs (C(OH)–C–C–N with tert-alkyl or cyclic N) is 1. The molecule has 0 fully saturated rings. The number of fused-ring (bicyclic) bond motifs is 1. The number of aliphatic hydroxyl groups is 1. The predicted octanol–water partition coefficient (Wildman–Crippen LogP) is 4.42. The van der Waals surface area contributed by atoms with Gasteiger partial charge in [-0.05, 0) is 41.3 Å². The second-order valence-corrected chi connectivity index (χ2v) is 7.30. The van der Waals surface area contributed by atoms with Gasteiger partial charge in [0.25, 0.3) is 0 Å². The fourth-order valence-electron chi connectivity index (χ4n) is 3.77. The normalized spacial score (nSPS) is 14.7. The first-order valence-electron chi connectivity index (χ1n) is 9.88. The molecule has 0 saturated heterocycles. The summed E-state index contributed by atoms with van der Waals surface area (Å²) in [5.74, 6) is 0. The Labute approximate surface area is 171 Å². The van der Waals surface area contributed by atoms with E-state index in [0.29, 0.717) is 6.54 Å². The van der Waals surface area contributed by atoms with Gasteiger partial charge >= 0.3 is 6.03 Å². The largest absolute Gasteiger partial charge is 0.387 e. The summed E-state index contributed by atoms with van der Waals surface area (Å²) in [5, 5.41) is 16.4. The molecule has 1 aliphatic heterocycles. The van der Waals surface area contributed by atoms with Crippen molar-refractivity contribution >= 4 is 17.4 Å². The fourth-order valence-corrected chi connectivity index (χ4v) is 3.77. The smallest absolute Gasteiger partial charge is 0.323 e. The maximum absolute atomic E-state index is 12.4. The molecule has 0 unspecified atom stereocenters. The van der Waals surface area contributed by atoms with Crippen molar-refractivity contribution in [1.82, 2.24) is 4.90 Å². The van der Waals surface area contributed by atoms with Crippen LogP contribution in [0.4, 0.5) is 16.2 Å². The maximum Gasteiger partial charge on any atom is 0.323 e. The standard InChI is InChI=1S/C24H25N3O2/c28-23(18-8-3-1-4-9-18)17-27-15-14-21-19(16-27)10-7-13-22(21)26-24(29)25-20-11-5-2-6-12-20/h1-13,23,28H,14-17H2,(H2,25,26,29)/t23-/m0/s1. The van der Waals surface area contributed by atoms with E-state index in [4.69, 9.17) is 0 Å². The molecular formula is C24H25N3O2. The second kappa shape index (κ2) is 8.90. The summed E-state index contributed by atoms with van der Waals surface area (Å²) in [4.78, 5) is 14.6. The molecule has 0 spiro atoms. The van der Waals surface area contributed by atoms with Crippen LogP contribution in [0.15, 0.2) is 78.9 Å². The quantitative estimate of drug-likeness (QED) is 0.607. The van der Waals surface area contributed by atoms with Crippen LogP contribution in [-0.2, 0) is 13.0 Å². The third-order valence-corrected chi connectivity index (χ3v) is 5.24. The molecule has 5 nitrogen and oxygen atoms in total. The van der Waals surface area contributed by atoms with Crippen molar-refractivity contribution in [2.45, 2.75) is 19.1 Å². The molecule has 148 valence electrons. The first kappa shape index (κ1) is 19.2. The third kappa shape index (κ3) is 4.83. The van der Waals surface area contributed by atoms with Gasteiger partial charge in [-0.25, -0.2) is 4.79 Å². The van der Waals surface area contributed by atoms with Crippen LogP contribution >= 0.6 is 0 Å². The van der Waals surface area contributed by atoms with Gasteiger partial charge in [-0.2, -0.15) is 0 Å². The van der Waals surface area contributed by atoms with Crippen molar-refractivity contribution in [2.24, 2.45) is 0 Å². The minimum Gasteiger partial charge on any atom is -0.387 e.